The van der Waals surface area contributed by atoms with E-state index < -0.39 is 18.1 Å². The van der Waals surface area contributed by atoms with Crippen molar-refractivity contribution in [1.29, 1.82) is 0 Å². The fourth-order valence-electron chi connectivity index (χ4n) is 1.10. The number of aliphatic carboxylic acids is 1. The number of anilines is 1. The number of aryl methyl sites for hydroxylation is 2. The Morgan fingerprint density at radius 2 is 1.95 bits per heavy atom. The first-order valence-corrected chi connectivity index (χ1v) is 5.53. The van der Waals surface area contributed by atoms with Crippen LogP contribution in [0, 0.1) is 13.8 Å². The molecule has 0 aliphatic carbocycles. The highest BCUT2D eigenvalue weighted by atomic mass is 16.4. The summed E-state index contributed by atoms with van der Waals surface area (Å²) in [6.07, 6.45) is -1.59. The zero-order valence-corrected chi connectivity index (χ0v) is 10.5. The lowest BCUT2D eigenvalue weighted by Gasteiger charge is -2.08. The SMILES string of the molecule is Cc1nnc(NC(=O)NCCC(O)C(=O)O)nc1C. The van der Waals surface area contributed by atoms with Gasteiger partial charge >= 0.3 is 12.0 Å². The van der Waals surface area contributed by atoms with Gasteiger partial charge < -0.3 is 15.5 Å². The zero-order chi connectivity index (χ0) is 14.4. The Kier molecular flexibility index (Phi) is 5.12. The fraction of sp³-hybridized carbons (Fsp3) is 0.500. The van der Waals surface area contributed by atoms with Gasteiger partial charge in [-0.3, -0.25) is 5.32 Å². The van der Waals surface area contributed by atoms with Crippen LogP contribution in [0.4, 0.5) is 10.7 Å². The van der Waals surface area contributed by atoms with Crippen molar-refractivity contribution >= 4 is 17.9 Å². The van der Waals surface area contributed by atoms with E-state index in [1.807, 2.05) is 0 Å². The third kappa shape index (κ3) is 4.84. The van der Waals surface area contributed by atoms with Gasteiger partial charge in [-0.1, -0.05) is 0 Å². The van der Waals surface area contributed by atoms with Crippen LogP contribution in [-0.4, -0.2) is 50.0 Å². The van der Waals surface area contributed by atoms with Crippen LogP contribution in [0.5, 0.6) is 0 Å². The minimum Gasteiger partial charge on any atom is -0.479 e. The first-order valence-electron chi connectivity index (χ1n) is 5.53. The molecule has 2 amide bonds. The molecular formula is C10H15N5O4. The van der Waals surface area contributed by atoms with Crippen molar-refractivity contribution in [2.45, 2.75) is 26.4 Å². The Morgan fingerprint density at radius 1 is 1.26 bits per heavy atom. The van der Waals surface area contributed by atoms with Crippen LogP contribution in [0.25, 0.3) is 0 Å². The average molecular weight is 269 g/mol. The maximum absolute atomic E-state index is 11.4. The van der Waals surface area contributed by atoms with E-state index in [1.54, 1.807) is 13.8 Å². The minimum atomic E-state index is -1.50. The van der Waals surface area contributed by atoms with Crippen LogP contribution in [0.2, 0.25) is 0 Å². The van der Waals surface area contributed by atoms with Crippen LogP contribution in [-0.2, 0) is 4.79 Å². The van der Waals surface area contributed by atoms with Crippen molar-refractivity contribution in [1.82, 2.24) is 20.5 Å². The summed E-state index contributed by atoms with van der Waals surface area (Å²) < 4.78 is 0. The maximum atomic E-state index is 11.4. The molecule has 0 bridgehead atoms. The highest BCUT2D eigenvalue weighted by molar-refractivity contribution is 5.87. The number of carbonyl (C=O) groups is 2. The first kappa shape index (κ1) is 14.8. The number of urea groups is 1. The van der Waals surface area contributed by atoms with Crippen LogP contribution in [0.1, 0.15) is 17.8 Å². The molecular weight excluding hydrogens is 254 g/mol. The number of carboxylic acids is 1. The molecule has 19 heavy (non-hydrogen) atoms. The second-order valence-electron chi connectivity index (χ2n) is 3.83. The van der Waals surface area contributed by atoms with Gasteiger partial charge in [0, 0.05) is 13.0 Å². The molecule has 0 fully saturated rings. The van der Waals surface area contributed by atoms with Gasteiger partial charge in [-0.05, 0) is 13.8 Å². The van der Waals surface area contributed by atoms with E-state index in [9.17, 15) is 9.59 Å². The van der Waals surface area contributed by atoms with Gasteiger partial charge in [0.2, 0.25) is 0 Å². The number of nitrogens with zero attached hydrogens (tertiary/aromatic N) is 3. The summed E-state index contributed by atoms with van der Waals surface area (Å²) >= 11 is 0. The molecule has 4 N–H and O–H groups in total. The van der Waals surface area contributed by atoms with Gasteiger partial charge in [-0.15, -0.1) is 5.10 Å². The Morgan fingerprint density at radius 3 is 2.53 bits per heavy atom. The molecule has 0 aliphatic rings. The second kappa shape index (κ2) is 6.59. The molecule has 9 heteroatoms. The number of rotatable bonds is 5. The summed E-state index contributed by atoms with van der Waals surface area (Å²) in [7, 11) is 0. The number of carbonyl (C=O) groups excluding carboxylic acids is 1. The van der Waals surface area contributed by atoms with Crippen molar-refractivity contribution in [2.24, 2.45) is 0 Å². The molecule has 1 aromatic heterocycles. The Hall–Kier alpha value is -2.29. The third-order valence-corrected chi connectivity index (χ3v) is 2.31. The number of nitrogens with one attached hydrogen (secondary N) is 2. The van der Waals surface area contributed by atoms with Gasteiger partial charge in [0.1, 0.15) is 0 Å². The van der Waals surface area contributed by atoms with Gasteiger partial charge in [0.15, 0.2) is 6.10 Å². The van der Waals surface area contributed by atoms with E-state index in [-0.39, 0.29) is 18.9 Å². The fourth-order valence-corrected chi connectivity index (χ4v) is 1.10. The number of aromatic nitrogens is 3. The molecule has 1 atom stereocenters. The summed E-state index contributed by atoms with van der Waals surface area (Å²) in [6, 6.07) is -0.595. The summed E-state index contributed by atoms with van der Waals surface area (Å²) in [4.78, 5) is 25.7. The quantitative estimate of drug-likeness (QED) is 0.562. The Balaban J connectivity index is 2.39. The van der Waals surface area contributed by atoms with Crippen molar-refractivity contribution in [3.63, 3.8) is 0 Å². The number of carboxylic acid groups (broad SMARTS) is 1. The van der Waals surface area contributed by atoms with Gasteiger partial charge in [0.25, 0.3) is 5.95 Å². The van der Waals surface area contributed by atoms with E-state index in [4.69, 9.17) is 10.2 Å². The number of hydrogen-bond acceptors (Lipinski definition) is 6. The lowest BCUT2D eigenvalue weighted by atomic mass is 10.2. The molecule has 1 heterocycles. The molecule has 104 valence electrons. The van der Waals surface area contributed by atoms with E-state index >= 15 is 0 Å². The van der Waals surface area contributed by atoms with Crippen molar-refractivity contribution in [2.75, 3.05) is 11.9 Å². The van der Waals surface area contributed by atoms with E-state index in [0.29, 0.717) is 11.4 Å². The molecule has 1 rings (SSSR count). The van der Waals surface area contributed by atoms with Crippen molar-refractivity contribution < 1.29 is 19.8 Å². The summed E-state index contributed by atoms with van der Waals surface area (Å²) in [6.45, 7) is 3.49. The first-order chi connectivity index (χ1) is 8.90. The number of hydrogen-bond donors (Lipinski definition) is 4. The lowest BCUT2D eigenvalue weighted by Crippen LogP contribution is -2.33. The van der Waals surface area contributed by atoms with Crippen LogP contribution >= 0.6 is 0 Å². The largest absolute Gasteiger partial charge is 0.479 e. The Labute approximate surface area is 109 Å². The summed E-state index contributed by atoms with van der Waals surface area (Å²) in [5.74, 6) is -1.27. The van der Waals surface area contributed by atoms with Crippen LogP contribution in [0.3, 0.4) is 0 Å². The predicted octanol–water partition coefficient (Wildman–Crippen LogP) is -0.554. The summed E-state index contributed by atoms with van der Waals surface area (Å²) in [5, 5.41) is 29.6. The molecule has 0 radical (unpaired) electrons. The molecule has 9 nitrogen and oxygen atoms in total. The van der Waals surface area contributed by atoms with Gasteiger partial charge in [0.05, 0.1) is 11.4 Å². The second-order valence-corrected chi connectivity index (χ2v) is 3.83. The van der Waals surface area contributed by atoms with Gasteiger partial charge in [-0.2, -0.15) is 5.10 Å². The van der Waals surface area contributed by atoms with Crippen LogP contribution < -0.4 is 10.6 Å². The predicted molar refractivity (Wildman–Crippen MR) is 64.6 cm³/mol. The molecule has 1 aromatic rings. The smallest absolute Gasteiger partial charge is 0.332 e. The molecule has 0 saturated heterocycles. The lowest BCUT2D eigenvalue weighted by molar-refractivity contribution is -0.146. The number of aliphatic hydroxyl groups excluding tert-OH is 1. The monoisotopic (exact) mass is 269 g/mol. The van der Waals surface area contributed by atoms with Gasteiger partial charge in [-0.25, -0.2) is 14.6 Å². The van der Waals surface area contributed by atoms with E-state index in [1.165, 1.54) is 0 Å². The van der Waals surface area contributed by atoms with Crippen molar-refractivity contribution in [3.05, 3.63) is 11.4 Å². The van der Waals surface area contributed by atoms with E-state index in [2.05, 4.69) is 25.8 Å². The van der Waals surface area contributed by atoms with E-state index in [0.717, 1.165) is 0 Å². The van der Waals surface area contributed by atoms with Crippen LogP contribution in [0.15, 0.2) is 0 Å². The molecule has 0 spiro atoms. The number of aliphatic hydroxyl groups is 1. The average Bonchev–Trinajstić information content (AvgIpc) is 2.33. The minimum absolute atomic E-state index is 0.0115. The molecule has 1 unspecified atom stereocenters. The molecule has 0 saturated carbocycles. The maximum Gasteiger partial charge on any atom is 0.332 e. The molecule has 0 aromatic carbocycles. The van der Waals surface area contributed by atoms with Crippen molar-refractivity contribution in [3.8, 4) is 0 Å². The normalized spacial score (nSPS) is 11.7. The summed E-state index contributed by atoms with van der Waals surface area (Å²) in [5.41, 5.74) is 1.31. The third-order valence-electron chi connectivity index (χ3n) is 2.31. The Bertz CT molecular complexity index is 479. The zero-order valence-electron chi connectivity index (χ0n) is 10.5. The molecule has 0 aliphatic heterocycles. The standard InChI is InChI=1S/C10H15N5O4/c1-5-6(2)14-15-9(12-5)13-10(19)11-4-3-7(16)8(17)18/h7,16H,3-4H2,1-2H3,(H,17,18)(H2,11,12,13,15,19). The highest BCUT2D eigenvalue weighted by Crippen LogP contribution is 2.01. The highest BCUT2D eigenvalue weighted by Gasteiger charge is 2.13. The number of amides is 2. The topological polar surface area (TPSA) is 137 Å².